The van der Waals surface area contributed by atoms with Crippen LogP contribution in [-0.4, -0.2) is 27.6 Å². The highest BCUT2D eigenvalue weighted by molar-refractivity contribution is 5.85. The predicted octanol–water partition coefficient (Wildman–Crippen LogP) is 0.895. The summed E-state index contributed by atoms with van der Waals surface area (Å²) in [6.45, 7) is 1.27. The Morgan fingerprint density at radius 3 is 3.12 bits per heavy atom. The summed E-state index contributed by atoms with van der Waals surface area (Å²) in [6, 6.07) is 1.95. The number of nitrogens with two attached hydrogens (primary N) is 1. The summed E-state index contributed by atoms with van der Waals surface area (Å²) in [7, 11) is 1.97. The largest absolute Gasteiger partial charge is 0.365 e. The molecule has 0 atom stereocenters. The Labute approximate surface area is 94.0 Å². The zero-order chi connectivity index (χ0) is 11.4. The van der Waals surface area contributed by atoms with Crippen molar-refractivity contribution in [2.24, 2.45) is 12.8 Å². The molecule has 0 radical (unpaired) electrons. The fraction of sp³-hybridized carbons (Fsp3) is 0.273. The molecule has 5 nitrogen and oxygen atoms in total. The van der Waals surface area contributed by atoms with Crippen LogP contribution in [0, 0.1) is 0 Å². The maximum Gasteiger partial charge on any atom is 0.154 e. The van der Waals surface area contributed by atoms with E-state index in [-0.39, 0.29) is 0 Å². The van der Waals surface area contributed by atoms with Crippen molar-refractivity contribution in [1.82, 2.24) is 14.5 Å². The number of hydrogen-bond donors (Lipinski definition) is 2. The molecule has 3 N–H and O–H groups in total. The quantitative estimate of drug-likeness (QED) is 0.746. The Bertz CT molecular complexity index is 500. The van der Waals surface area contributed by atoms with E-state index in [9.17, 15) is 0 Å². The van der Waals surface area contributed by atoms with Crippen LogP contribution < -0.4 is 11.1 Å². The van der Waals surface area contributed by atoms with Crippen molar-refractivity contribution >= 4 is 16.9 Å². The van der Waals surface area contributed by atoms with E-state index in [0.717, 1.165) is 16.9 Å². The number of fused-ring (bicyclic) bond motifs is 1. The van der Waals surface area contributed by atoms with Crippen LogP contribution in [0.2, 0.25) is 0 Å². The molecule has 0 spiro atoms. The number of rotatable bonds is 4. The second-order valence-electron chi connectivity index (χ2n) is 3.47. The number of imidazole rings is 1. The van der Waals surface area contributed by atoms with Gasteiger partial charge in [-0.05, 0) is 6.07 Å². The Hall–Kier alpha value is -1.88. The average molecular weight is 217 g/mol. The maximum absolute atomic E-state index is 5.36. The highest BCUT2D eigenvalue weighted by atomic mass is 15.1. The molecular weight excluding hydrogens is 202 g/mol. The molecule has 0 saturated heterocycles. The highest BCUT2D eigenvalue weighted by Crippen LogP contribution is 2.17. The third-order valence-corrected chi connectivity index (χ3v) is 2.33. The standard InChI is InChI=1S/C11H15N5/c1-16-8-15-10-9(16)4-7-14-11(10)13-6-3-2-5-12/h2-4,7-8H,5-6,12H2,1H3,(H,13,14)/b3-2+. The lowest BCUT2D eigenvalue weighted by Crippen LogP contribution is -2.02. The van der Waals surface area contributed by atoms with E-state index in [2.05, 4.69) is 15.3 Å². The van der Waals surface area contributed by atoms with E-state index in [0.29, 0.717) is 13.1 Å². The summed E-state index contributed by atoms with van der Waals surface area (Å²) in [6.07, 6.45) is 7.45. The van der Waals surface area contributed by atoms with Crippen LogP contribution in [0.5, 0.6) is 0 Å². The average Bonchev–Trinajstić information content (AvgIpc) is 2.68. The SMILES string of the molecule is Cn1cnc2c(NC/C=C/CN)nccc21. The zero-order valence-electron chi connectivity index (χ0n) is 9.22. The molecule has 0 unspecified atom stereocenters. The van der Waals surface area contributed by atoms with Gasteiger partial charge in [0.25, 0.3) is 0 Å². The molecule has 0 saturated carbocycles. The van der Waals surface area contributed by atoms with Crippen molar-refractivity contribution in [2.45, 2.75) is 0 Å². The fourth-order valence-electron chi connectivity index (χ4n) is 1.53. The van der Waals surface area contributed by atoms with Crippen molar-refractivity contribution in [3.05, 3.63) is 30.7 Å². The van der Waals surface area contributed by atoms with Gasteiger partial charge < -0.3 is 15.6 Å². The van der Waals surface area contributed by atoms with Gasteiger partial charge in [-0.15, -0.1) is 0 Å². The molecule has 0 aromatic carbocycles. The van der Waals surface area contributed by atoms with E-state index in [1.54, 1.807) is 12.5 Å². The van der Waals surface area contributed by atoms with Gasteiger partial charge in [0.2, 0.25) is 0 Å². The van der Waals surface area contributed by atoms with Gasteiger partial charge in [0.1, 0.15) is 5.52 Å². The molecule has 0 bridgehead atoms. The van der Waals surface area contributed by atoms with E-state index < -0.39 is 0 Å². The lowest BCUT2D eigenvalue weighted by Gasteiger charge is -2.03. The summed E-state index contributed by atoms with van der Waals surface area (Å²) in [5, 5.41) is 3.21. The molecule has 2 heterocycles. The minimum absolute atomic E-state index is 0.558. The van der Waals surface area contributed by atoms with Crippen molar-refractivity contribution in [2.75, 3.05) is 18.4 Å². The molecule has 0 aliphatic heterocycles. The van der Waals surface area contributed by atoms with Crippen molar-refractivity contribution in [3.63, 3.8) is 0 Å². The second kappa shape index (κ2) is 4.76. The molecule has 2 aromatic heterocycles. The first kappa shape index (κ1) is 10.6. The molecule has 2 aromatic rings. The summed E-state index contributed by atoms with van der Waals surface area (Å²) >= 11 is 0. The maximum atomic E-state index is 5.36. The van der Waals surface area contributed by atoms with Gasteiger partial charge in [-0.3, -0.25) is 0 Å². The number of nitrogens with one attached hydrogen (secondary N) is 1. The second-order valence-corrected chi connectivity index (χ2v) is 3.47. The Kier molecular flexibility index (Phi) is 3.16. The van der Waals surface area contributed by atoms with E-state index >= 15 is 0 Å². The Morgan fingerprint density at radius 1 is 1.44 bits per heavy atom. The van der Waals surface area contributed by atoms with Gasteiger partial charge in [-0.25, -0.2) is 9.97 Å². The first-order valence-electron chi connectivity index (χ1n) is 5.18. The third kappa shape index (κ3) is 2.04. The summed E-state index contributed by atoms with van der Waals surface area (Å²) in [4.78, 5) is 8.57. The summed E-state index contributed by atoms with van der Waals surface area (Å²) in [5.41, 5.74) is 7.32. The fourth-order valence-corrected chi connectivity index (χ4v) is 1.53. The summed E-state index contributed by atoms with van der Waals surface area (Å²) < 4.78 is 1.97. The molecule has 0 aliphatic carbocycles. The lowest BCUT2D eigenvalue weighted by atomic mass is 10.3. The summed E-state index contributed by atoms with van der Waals surface area (Å²) in [5.74, 6) is 0.805. The van der Waals surface area contributed by atoms with E-state index in [1.165, 1.54) is 0 Å². The molecule has 2 rings (SSSR count). The molecule has 0 fully saturated rings. The van der Waals surface area contributed by atoms with Crippen LogP contribution >= 0.6 is 0 Å². The van der Waals surface area contributed by atoms with E-state index in [4.69, 9.17) is 5.73 Å². The normalized spacial score (nSPS) is 11.4. The van der Waals surface area contributed by atoms with Crippen LogP contribution in [0.4, 0.5) is 5.82 Å². The minimum atomic E-state index is 0.558. The van der Waals surface area contributed by atoms with Crippen LogP contribution in [0.3, 0.4) is 0 Å². The van der Waals surface area contributed by atoms with Crippen LogP contribution in [0.15, 0.2) is 30.7 Å². The number of aryl methyl sites for hydroxylation is 1. The van der Waals surface area contributed by atoms with Gasteiger partial charge in [-0.2, -0.15) is 0 Å². The number of aromatic nitrogens is 3. The molecule has 84 valence electrons. The van der Waals surface area contributed by atoms with Gasteiger partial charge >= 0.3 is 0 Å². The minimum Gasteiger partial charge on any atom is -0.365 e. The van der Waals surface area contributed by atoms with Crippen molar-refractivity contribution in [1.29, 1.82) is 0 Å². The predicted molar refractivity (Wildman–Crippen MR) is 65.2 cm³/mol. The Balaban J connectivity index is 2.20. The van der Waals surface area contributed by atoms with Crippen molar-refractivity contribution in [3.8, 4) is 0 Å². The van der Waals surface area contributed by atoms with E-state index in [1.807, 2.05) is 29.8 Å². The van der Waals surface area contributed by atoms with Crippen LogP contribution in [0.1, 0.15) is 0 Å². The van der Waals surface area contributed by atoms with Gasteiger partial charge in [0, 0.05) is 26.3 Å². The topological polar surface area (TPSA) is 68.8 Å². The van der Waals surface area contributed by atoms with Crippen LogP contribution in [0.25, 0.3) is 11.0 Å². The van der Waals surface area contributed by atoms with Crippen LogP contribution in [-0.2, 0) is 7.05 Å². The lowest BCUT2D eigenvalue weighted by molar-refractivity contribution is 0.947. The first-order valence-corrected chi connectivity index (χ1v) is 5.18. The number of pyridine rings is 1. The first-order chi connectivity index (χ1) is 7.83. The molecular formula is C11H15N5. The van der Waals surface area contributed by atoms with Gasteiger partial charge in [0.05, 0.1) is 11.8 Å². The number of nitrogens with zero attached hydrogens (tertiary/aromatic N) is 3. The molecule has 16 heavy (non-hydrogen) atoms. The number of anilines is 1. The smallest absolute Gasteiger partial charge is 0.154 e. The van der Waals surface area contributed by atoms with Crippen molar-refractivity contribution < 1.29 is 0 Å². The molecule has 5 heteroatoms. The van der Waals surface area contributed by atoms with Gasteiger partial charge in [-0.1, -0.05) is 12.2 Å². The van der Waals surface area contributed by atoms with Gasteiger partial charge in [0.15, 0.2) is 5.82 Å². The zero-order valence-corrected chi connectivity index (χ0v) is 9.22. The third-order valence-electron chi connectivity index (χ3n) is 2.33. The highest BCUT2D eigenvalue weighted by Gasteiger charge is 2.04. The molecule has 0 aliphatic rings. The Morgan fingerprint density at radius 2 is 2.31 bits per heavy atom. The monoisotopic (exact) mass is 217 g/mol. The molecule has 0 amide bonds. The number of hydrogen-bond acceptors (Lipinski definition) is 4.